The zero-order chi connectivity index (χ0) is 15.7. The zero-order valence-corrected chi connectivity index (χ0v) is 13.5. The van der Waals surface area contributed by atoms with E-state index in [-0.39, 0.29) is 31.1 Å². The number of rotatable bonds is 9. The number of amides is 2. The Balaban J connectivity index is 4.20. The number of carbonyl (C=O) groups excluding carboxylic acids is 1. The van der Waals surface area contributed by atoms with Crippen molar-refractivity contribution in [3.8, 4) is 0 Å². The lowest BCUT2D eigenvalue weighted by Crippen LogP contribution is -2.47. The van der Waals surface area contributed by atoms with Crippen molar-refractivity contribution in [1.82, 2.24) is 10.2 Å². The van der Waals surface area contributed by atoms with Crippen LogP contribution in [-0.2, 0) is 4.79 Å². The van der Waals surface area contributed by atoms with Gasteiger partial charge in [0, 0.05) is 18.6 Å². The van der Waals surface area contributed by atoms with Crippen molar-refractivity contribution in [2.24, 2.45) is 5.92 Å². The minimum absolute atomic E-state index is 0.00258. The average molecular weight is 286 g/mol. The molecule has 1 atom stereocenters. The van der Waals surface area contributed by atoms with Gasteiger partial charge in [-0.3, -0.25) is 4.79 Å². The van der Waals surface area contributed by atoms with Crippen LogP contribution in [0.2, 0.25) is 0 Å². The van der Waals surface area contributed by atoms with Crippen LogP contribution in [-0.4, -0.2) is 40.6 Å². The summed E-state index contributed by atoms with van der Waals surface area (Å²) in [5, 5.41) is 11.7. The normalized spacial score (nSPS) is 12.6. The van der Waals surface area contributed by atoms with Crippen molar-refractivity contribution in [3.63, 3.8) is 0 Å². The van der Waals surface area contributed by atoms with Crippen LogP contribution < -0.4 is 5.32 Å². The van der Waals surface area contributed by atoms with Gasteiger partial charge in [-0.2, -0.15) is 0 Å². The summed E-state index contributed by atoms with van der Waals surface area (Å²) in [7, 11) is 0. The lowest BCUT2D eigenvalue weighted by Gasteiger charge is -2.28. The zero-order valence-electron chi connectivity index (χ0n) is 13.5. The van der Waals surface area contributed by atoms with E-state index in [2.05, 4.69) is 19.2 Å². The summed E-state index contributed by atoms with van der Waals surface area (Å²) in [6, 6.07) is -0.0529. The highest BCUT2D eigenvalue weighted by Crippen LogP contribution is 2.09. The Morgan fingerprint density at radius 2 is 1.70 bits per heavy atom. The molecule has 0 heterocycles. The van der Waals surface area contributed by atoms with Crippen molar-refractivity contribution >= 4 is 12.0 Å². The van der Waals surface area contributed by atoms with E-state index in [4.69, 9.17) is 5.11 Å². The molecule has 5 heteroatoms. The van der Waals surface area contributed by atoms with Crippen LogP contribution in [0.25, 0.3) is 0 Å². The molecule has 0 fully saturated rings. The molecule has 0 saturated carbocycles. The van der Waals surface area contributed by atoms with Crippen LogP contribution in [0.1, 0.15) is 60.3 Å². The van der Waals surface area contributed by atoms with Gasteiger partial charge in [-0.05, 0) is 33.1 Å². The fourth-order valence-corrected chi connectivity index (χ4v) is 2.01. The SMILES string of the molecule is CC(C)CCCC(C)NC(=O)N(CCC(=O)O)C(C)C. The Labute approximate surface area is 122 Å². The Morgan fingerprint density at radius 3 is 2.15 bits per heavy atom. The molecule has 0 aliphatic carbocycles. The summed E-state index contributed by atoms with van der Waals surface area (Å²) in [6.45, 7) is 10.4. The molecule has 118 valence electrons. The first-order valence-electron chi connectivity index (χ1n) is 7.53. The molecule has 0 bridgehead atoms. The van der Waals surface area contributed by atoms with Crippen LogP contribution in [0.5, 0.6) is 0 Å². The first-order chi connectivity index (χ1) is 9.23. The maximum atomic E-state index is 12.1. The number of nitrogens with zero attached hydrogens (tertiary/aromatic N) is 1. The summed E-state index contributed by atoms with van der Waals surface area (Å²) < 4.78 is 0. The fraction of sp³-hybridized carbons (Fsp3) is 0.867. The van der Waals surface area contributed by atoms with Crippen molar-refractivity contribution in [3.05, 3.63) is 0 Å². The fourth-order valence-electron chi connectivity index (χ4n) is 2.01. The number of urea groups is 1. The first-order valence-corrected chi connectivity index (χ1v) is 7.53. The van der Waals surface area contributed by atoms with E-state index in [0.29, 0.717) is 5.92 Å². The van der Waals surface area contributed by atoms with Crippen molar-refractivity contribution in [2.45, 2.75) is 72.4 Å². The van der Waals surface area contributed by atoms with E-state index in [9.17, 15) is 9.59 Å². The third kappa shape index (κ3) is 8.77. The van der Waals surface area contributed by atoms with Crippen LogP contribution in [0, 0.1) is 5.92 Å². The molecule has 0 aliphatic rings. The van der Waals surface area contributed by atoms with Gasteiger partial charge in [0.15, 0.2) is 0 Å². The maximum absolute atomic E-state index is 12.1. The minimum atomic E-state index is -0.881. The number of hydrogen-bond donors (Lipinski definition) is 2. The molecule has 0 aromatic rings. The Hall–Kier alpha value is -1.26. The quantitative estimate of drug-likeness (QED) is 0.684. The van der Waals surface area contributed by atoms with E-state index in [1.54, 1.807) is 4.90 Å². The molecule has 0 aromatic heterocycles. The lowest BCUT2D eigenvalue weighted by atomic mass is 10.0. The number of carboxylic acid groups (broad SMARTS) is 1. The highest BCUT2D eigenvalue weighted by Gasteiger charge is 2.19. The monoisotopic (exact) mass is 286 g/mol. The van der Waals surface area contributed by atoms with E-state index in [1.165, 1.54) is 0 Å². The van der Waals surface area contributed by atoms with Crippen molar-refractivity contribution < 1.29 is 14.7 Å². The van der Waals surface area contributed by atoms with Crippen LogP contribution in [0.15, 0.2) is 0 Å². The molecular weight excluding hydrogens is 256 g/mol. The summed E-state index contributed by atoms with van der Waals surface area (Å²) in [6.07, 6.45) is 3.19. The second-order valence-electron chi connectivity index (χ2n) is 6.11. The molecule has 0 rings (SSSR count). The molecular formula is C15H30N2O3. The molecule has 0 spiro atoms. The molecule has 0 aliphatic heterocycles. The molecule has 5 nitrogen and oxygen atoms in total. The minimum Gasteiger partial charge on any atom is -0.481 e. The predicted octanol–water partition coefficient (Wildman–Crippen LogP) is 3.10. The third-order valence-corrected chi connectivity index (χ3v) is 3.24. The summed E-state index contributed by atoms with van der Waals surface area (Å²) >= 11 is 0. The van der Waals surface area contributed by atoms with E-state index in [1.807, 2.05) is 20.8 Å². The van der Waals surface area contributed by atoms with Crippen molar-refractivity contribution in [1.29, 1.82) is 0 Å². The summed E-state index contributed by atoms with van der Waals surface area (Å²) in [5.41, 5.74) is 0. The largest absolute Gasteiger partial charge is 0.481 e. The van der Waals surface area contributed by atoms with Gasteiger partial charge in [0.05, 0.1) is 6.42 Å². The predicted molar refractivity (Wildman–Crippen MR) is 80.8 cm³/mol. The molecule has 0 saturated heterocycles. The van der Waals surface area contributed by atoms with Crippen LogP contribution in [0.4, 0.5) is 4.79 Å². The van der Waals surface area contributed by atoms with Gasteiger partial charge in [-0.15, -0.1) is 0 Å². The number of carbonyl (C=O) groups is 2. The van der Waals surface area contributed by atoms with E-state index < -0.39 is 5.97 Å². The van der Waals surface area contributed by atoms with Gasteiger partial charge in [-0.25, -0.2) is 4.79 Å². The topological polar surface area (TPSA) is 69.6 Å². The van der Waals surface area contributed by atoms with Gasteiger partial charge in [-0.1, -0.05) is 26.7 Å². The number of nitrogens with one attached hydrogen (secondary N) is 1. The van der Waals surface area contributed by atoms with E-state index >= 15 is 0 Å². The van der Waals surface area contributed by atoms with Gasteiger partial charge < -0.3 is 15.3 Å². The summed E-state index contributed by atoms with van der Waals surface area (Å²) in [5.74, 6) is -0.200. The van der Waals surface area contributed by atoms with E-state index in [0.717, 1.165) is 19.3 Å². The number of carboxylic acids is 1. The second kappa shape index (κ2) is 9.61. The van der Waals surface area contributed by atoms with Crippen LogP contribution in [0.3, 0.4) is 0 Å². The van der Waals surface area contributed by atoms with Gasteiger partial charge in [0.1, 0.15) is 0 Å². The molecule has 2 N–H and O–H groups in total. The average Bonchev–Trinajstić information content (AvgIpc) is 2.27. The Morgan fingerprint density at radius 1 is 1.10 bits per heavy atom. The second-order valence-corrected chi connectivity index (χ2v) is 6.11. The first kappa shape index (κ1) is 18.7. The lowest BCUT2D eigenvalue weighted by molar-refractivity contribution is -0.137. The molecule has 1 unspecified atom stereocenters. The molecule has 20 heavy (non-hydrogen) atoms. The maximum Gasteiger partial charge on any atom is 0.317 e. The Kier molecular flexibility index (Phi) is 9.01. The Bertz CT molecular complexity index is 303. The van der Waals surface area contributed by atoms with Crippen molar-refractivity contribution in [2.75, 3.05) is 6.54 Å². The molecule has 2 amide bonds. The number of hydrogen-bond acceptors (Lipinski definition) is 2. The molecule has 0 aromatic carbocycles. The van der Waals surface area contributed by atoms with Gasteiger partial charge >= 0.3 is 12.0 Å². The number of aliphatic carboxylic acids is 1. The molecule has 0 radical (unpaired) electrons. The smallest absolute Gasteiger partial charge is 0.317 e. The highest BCUT2D eigenvalue weighted by molar-refractivity contribution is 5.75. The van der Waals surface area contributed by atoms with Gasteiger partial charge in [0.2, 0.25) is 0 Å². The third-order valence-electron chi connectivity index (χ3n) is 3.24. The van der Waals surface area contributed by atoms with Crippen LogP contribution >= 0.6 is 0 Å². The standard InChI is InChI=1S/C15H30N2O3/c1-11(2)7-6-8-13(5)16-15(20)17(12(3)4)10-9-14(18)19/h11-13H,6-10H2,1-5H3,(H,16,20)(H,18,19). The summed E-state index contributed by atoms with van der Waals surface area (Å²) in [4.78, 5) is 24.3. The highest BCUT2D eigenvalue weighted by atomic mass is 16.4. The van der Waals surface area contributed by atoms with Gasteiger partial charge in [0.25, 0.3) is 0 Å².